The van der Waals surface area contributed by atoms with Crippen LogP contribution in [0.3, 0.4) is 0 Å². The topological polar surface area (TPSA) is 9.23 Å². The summed E-state index contributed by atoms with van der Waals surface area (Å²) in [7, 11) is 13.7. The van der Waals surface area contributed by atoms with Gasteiger partial charge in [0, 0.05) is 10.2 Å². The molecule has 0 amide bonds. The van der Waals surface area contributed by atoms with E-state index in [2.05, 4.69) is 15.9 Å². The van der Waals surface area contributed by atoms with E-state index in [4.69, 9.17) is 26.1 Å². The average Bonchev–Trinajstić information content (AvgIpc) is 2.29. The quantitative estimate of drug-likeness (QED) is 0.507. The largest absolute Gasteiger partial charge is 0.492 e. The van der Waals surface area contributed by atoms with Crippen molar-refractivity contribution in [2.45, 2.75) is 16.2 Å². The summed E-state index contributed by atoms with van der Waals surface area (Å²) in [5.41, 5.74) is 0. The van der Waals surface area contributed by atoms with Crippen molar-refractivity contribution in [1.82, 2.24) is 0 Å². The molecule has 0 saturated heterocycles. The molecule has 1 nitrogen and oxygen atoms in total. The van der Waals surface area contributed by atoms with Crippen molar-refractivity contribution >= 4 is 59.2 Å². The number of benzene rings is 1. The third kappa shape index (κ3) is 4.65. The second kappa shape index (κ2) is 7.96. The molecule has 0 atom stereocenters. The van der Waals surface area contributed by atoms with Crippen LogP contribution in [0.25, 0.3) is 0 Å². The summed E-state index contributed by atoms with van der Waals surface area (Å²) >= 11 is 3.35. The highest BCUT2D eigenvalue weighted by Gasteiger charge is 2.05. The Hall–Kier alpha value is 0.780. The van der Waals surface area contributed by atoms with Crippen LogP contribution < -0.4 is 4.74 Å². The lowest BCUT2D eigenvalue weighted by molar-refractivity contribution is 0.311. The summed E-state index contributed by atoms with van der Waals surface area (Å²) in [6.07, 6.45) is 0.963. The van der Waals surface area contributed by atoms with E-state index in [9.17, 15) is 0 Å². The summed E-state index contributed by atoms with van der Waals surface area (Å²) in [6.45, 7) is 0.673. The fourth-order valence-corrected chi connectivity index (χ4v) is 2.43. The van der Waals surface area contributed by atoms with Crippen LogP contribution in [0.2, 0.25) is 0 Å². The number of rotatable bonds is 6. The first-order chi connectivity index (χ1) is 7.31. The molecule has 0 aromatic heterocycles. The van der Waals surface area contributed by atoms with Gasteiger partial charge in [0.25, 0.3) is 0 Å². The van der Waals surface area contributed by atoms with Crippen LogP contribution in [0.5, 0.6) is 5.75 Å². The van der Waals surface area contributed by atoms with Gasteiger partial charge in [0.15, 0.2) is 0 Å². The minimum absolute atomic E-state index is 0.673. The molecule has 1 aromatic carbocycles. The van der Waals surface area contributed by atoms with Crippen molar-refractivity contribution in [3.8, 4) is 5.75 Å². The zero-order chi connectivity index (χ0) is 11.1. The molecule has 0 aliphatic rings. The fourth-order valence-electron chi connectivity index (χ4n) is 0.950. The van der Waals surface area contributed by atoms with Gasteiger partial charge in [-0.2, -0.15) is 0 Å². The van der Waals surface area contributed by atoms with Crippen molar-refractivity contribution in [3.05, 3.63) is 18.2 Å². The van der Waals surface area contributed by atoms with Crippen LogP contribution in [-0.2, 0) is 0 Å². The van der Waals surface area contributed by atoms with Gasteiger partial charge in [-0.15, -0.1) is 0 Å². The van der Waals surface area contributed by atoms with E-state index < -0.39 is 0 Å². The molecule has 0 aliphatic heterocycles. The number of hydrogen-bond acceptors (Lipinski definition) is 3. The van der Waals surface area contributed by atoms with Crippen molar-refractivity contribution in [1.29, 1.82) is 0 Å². The summed E-state index contributed by atoms with van der Waals surface area (Å²) in [4.78, 5) is 1.88. The maximum atomic E-state index is 5.73. The van der Waals surface area contributed by atoms with Gasteiger partial charge in [-0.05, 0) is 67.9 Å². The molecule has 1 aromatic rings. The number of halogens is 3. The van der Waals surface area contributed by atoms with E-state index >= 15 is 0 Å². The molecule has 0 aliphatic carbocycles. The maximum Gasteiger partial charge on any atom is 0.135 e. The van der Waals surface area contributed by atoms with Crippen LogP contribution in [0.15, 0.2) is 28.0 Å². The van der Waals surface area contributed by atoms with Gasteiger partial charge < -0.3 is 4.74 Å². The number of alkyl halides is 1. The van der Waals surface area contributed by atoms with Gasteiger partial charge in [0.2, 0.25) is 0 Å². The van der Waals surface area contributed by atoms with Crippen molar-refractivity contribution in [2.24, 2.45) is 0 Å². The minimum Gasteiger partial charge on any atom is -0.492 e. The van der Waals surface area contributed by atoms with E-state index in [0.29, 0.717) is 6.61 Å². The third-order valence-corrected chi connectivity index (χ3v) is 4.15. The third-order valence-electron chi connectivity index (χ3n) is 1.62. The lowest BCUT2D eigenvalue weighted by atomic mass is 10.3. The Bertz CT molecular complexity index is 312. The van der Waals surface area contributed by atoms with Crippen LogP contribution in [-0.4, -0.2) is 11.9 Å². The van der Waals surface area contributed by atoms with Crippen LogP contribution in [0, 0.1) is 0 Å². The highest BCUT2D eigenvalue weighted by Crippen LogP contribution is 2.36. The molecule has 15 heavy (non-hydrogen) atoms. The lowest BCUT2D eigenvalue weighted by Crippen LogP contribution is -1.98. The summed E-state index contributed by atoms with van der Waals surface area (Å²) in [5.74, 6) is 0.793. The molecular weight excluding hydrogens is 339 g/mol. The minimum atomic E-state index is 0.673. The second-order valence-corrected chi connectivity index (χ2v) is 5.59. The van der Waals surface area contributed by atoms with Gasteiger partial charge in [-0.25, -0.2) is 0 Å². The molecule has 84 valence electrons. The molecule has 0 saturated carbocycles. The predicted molar refractivity (Wildman–Crippen MR) is 73.8 cm³/mol. The second-order valence-electron chi connectivity index (χ2n) is 2.65. The Kier molecular flexibility index (Phi) is 7.34. The first kappa shape index (κ1) is 13.8. The normalized spacial score (nSPS) is 10.3. The van der Waals surface area contributed by atoms with Gasteiger partial charge >= 0.3 is 0 Å². The van der Waals surface area contributed by atoms with Gasteiger partial charge in [0.05, 0.1) is 11.5 Å². The van der Waals surface area contributed by atoms with E-state index in [0.717, 1.165) is 38.3 Å². The Morgan fingerprint density at radius 3 is 2.67 bits per heavy atom. The summed E-state index contributed by atoms with van der Waals surface area (Å²) in [6, 6.07) is 5.72. The van der Waals surface area contributed by atoms with E-state index in [1.165, 1.54) is 11.0 Å². The summed E-state index contributed by atoms with van der Waals surface area (Å²) < 4.78 is 5.60. The first-order valence-electron chi connectivity index (χ1n) is 4.21. The molecule has 0 bridgehead atoms. The van der Waals surface area contributed by atoms with E-state index in [1.54, 1.807) is 0 Å². The molecule has 0 fully saturated rings. The van der Waals surface area contributed by atoms with Crippen LogP contribution in [0.4, 0.5) is 0 Å². The van der Waals surface area contributed by atoms with Crippen LogP contribution >= 0.6 is 59.2 Å². The molecule has 6 heteroatoms. The molecule has 1 rings (SSSR count). The molecule has 0 radical (unpaired) electrons. The molecular formula is C9H9BrCl2OS2. The molecule has 0 spiro atoms. The Labute approximate surface area is 115 Å². The SMILES string of the molecule is ClSc1ccc(SCl)c(OCCCBr)c1. The van der Waals surface area contributed by atoms with Gasteiger partial charge in [-0.1, -0.05) is 15.9 Å². The standard InChI is InChI=1S/C9H9BrCl2OS2/c10-4-1-5-13-8-6-7(14-11)2-3-9(8)15-12/h2-3,6H,1,4-5H2. The molecule has 0 unspecified atom stereocenters. The highest BCUT2D eigenvalue weighted by molar-refractivity contribution is 9.09. The van der Waals surface area contributed by atoms with Crippen molar-refractivity contribution < 1.29 is 4.74 Å². The van der Waals surface area contributed by atoms with Gasteiger partial charge in [-0.3, -0.25) is 0 Å². The fraction of sp³-hybridized carbons (Fsp3) is 0.333. The van der Waals surface area contributed by atoms with Crippen LogP contribution in [0.1, 0.15) is 6.42 Å². The lowest BCUT2D eigenvalue weighted by Gasteiger charge is -2.09. The average molecular weight is 348 g/mol. The van der Waals surface area contributed by atoms with E-state index in [1.807, 2.05) is 18.2 Å². The molecule has 0 heterocycles. The smallest absolute Gasteiger partial charge is 0.135 e. The number of hydrogen-bond donors (Lipinski definition) is 0. The molecule has 0 N–H and O–H groups in total. The van der Waals surface area contributed by atoms with Gasteiger partial charge in [0.1, 0.15) is 5.75 Å². The van der Waals surface area contributed by atoms with Crippen molar-refractivity contribution in [2.75, 3.05) is 11.9 Å². The summed E-state index contributed by atoms with van der Waals surface area (Å²) in [5, 5.41) is 0.931. The monoisotopic (exact) mass is 346 g/mol. The van der Waals surface area contributed by atoms with E-state index in [-0.39, 0.29) is 0 Å². The predicted octanol–water partition coefficient (Wildman–Crippen LogP) is 5.34. The maximum absolute atomic E-state index is 5.73. The van der Waals surface area contributed by atoms with Crippen molar-refractivity contribution in [3.63, 3.8) is 0 Å². The highest BCUT2D eigenvalue weighted by atomic mass is 79.9. The number of ether oxygens (including phenoxy) is 1. The Morgan fingerprint density at radius 1 is 1.27 bits per heavy atom. The Balaban J connectivity index is 2.72. The zero-order valence-electron chi connectivity index (χ0n) is 7.71. The Morgan fingerprint density at radius 2 is 2.07 bits per heavy atom. The first-order valence-corrected chi connectivity index (χ1v) is 8.62. The zero-order valence-corrected chi connectivity index (χ0v) is 12.4.